The Morgan fingerprint density at radius 1 is 0.978 bits per heavy atom. The largest absolute Gasteiger partial charge is 0.480 e. The Balaban J connectivity index is 1.33. The van der Waals surface area contributed by atoms with Crippen LogP contribution >= 0.6 is 23.2 Å². The molecule has 3 aliphatic rings. The fourth-order valence-electron chi connectivity index (χ4n) is 6.04. The summed E-state index contributed by atoms with van der Waals surface area (Å²) in [7, 11) is -4.80. The van der Waals surface area contributed by atoms with Crippen LogP contribution in [0, 0.1) is 5.92 Å². The molecular weight excluding hydrogens is 672 g/mol. The van der Waals surface area contributed by atoms with Gasteiger partial charge in [-0.1, -0.05) is 47.5 Å². The van der Waals surface area contributed by atoms with Crippen LogP contribution in [0.4, 0.5) is 18.9 Å². The topological polar surface area (TPSA) is 146 Å². The smallest absolute Gasteiger partial charge is 0.417 e. The van der Waals surface area contributed by atoms with Gasteiger partial charge in [0.2, 0.25) is 15.9 Å². The zero-order chi connectivity index (χ0) is 33.4. The summed E-state index contributed by atoms with van der Waals surface area (Å²) < 4.78 is 69.8. The van der Waals surface area contributed by atoms with E-state index in [1.54, 1.807) is 0 Å². The van der Waals surface area contributed by atoms with Gasteiger partial charge in [0.1, 0.15) is 22.4 Å². The van der Waals surface area contributed by atoms with Crippen molar-refractivity contribution in [3.63, 3.8) is 0 Å². The number of aliphatic carboxylic acids is 1. The number of anilines is 1. The maximum absolute atomic E-state index is 13.8. The molecule has 2 bridgehead atoms. The molecule has 0 unspecified atom stereocenters. The first-order chi connectivity index (χ1) is 21.6. The molecule has 16 heteroatoms. The third kappa shape index (κ3) is 7.14. The highest BCUT2D eigenvalue weighted by atomic mass is 35.5. The molecule has 2 aliphatic heterocycles. The van der Waals surface area contributed by atoms with Crippen LogP contribution < -0.4 is 10.6 Å². The zero-order valence-electron chi connectivity index (χ0n) is 23.8. The fourth-order valence-corrected chi connectivity index (χ4v) is 8.61. The highest BCUT2D eigenvalue weighted by molar-refractivity contribution is 7.89. The normalized spacial score (nSPS) is 20.6. The molecule has 2 amide bonds. The van der Waals surface area contributed by atoms with E-state index in [0.717, 1.165) is 16.4 Å². The summed E-state index contributed by atoms with van der Waals surface area (Å²) >= 11 is 11.7. The molecule has 2 atom stereocenters. The van der Waals surface area contributed by atoms with E-state index in [9.17, 15) is 41.1 Å². The maximum Gasteiger partial charge on any atom is 0.417 e. The molecule has 244 valence electrons. The van der Waals surface area contributed by atoms with Gasteiger partial charge in [-0.2, -0.15) is 17.5 Å². The SMILES string of the molecule is O=C(Nc1ccc(C[C@H](NC(=O)[C@H]2C3CCC(CC3)N2S(=O)(=O)c2ccccc2C(F)(F)F)C(=O)O)cc1)c1cc(Cl)nc(Cl)c1. The van der Waals surface area contributed by atoms with E-state index in [4.69, 9.17) is 23.2 Å². The number of carboxylic acid groups (broad SMARTS) is 1. The van der Waals surface area contributed by atoms with Crippen molar-refractivity contribution in [3.05, 3.63) is 87.7 Å². The minimum atomic E-state index is -4.95. The van der Waals surface area contributed by atoms with Gasteiger partial charge in [0.15, 0.2) is 0 Å². The quantitative estimate of drug-likeness (QED) is 0.254. The fraction of sp³-hybridized carbons (Fsp3) is 0.333. The summed E-state index contributed by atoms with van der Waals surface area (Å²) in [6, 6.07) is 9.00. The first-order valence-corrected chi connectivity index (χ1v) is 16.3. The number of sulfonamides is 1. The lowest BCUT2D eigenvalue weighted by Gasteiger charge is -2.49. The Bertz CT molecular complexity index is 1750. The van der Waals surface area contributed by atoms with E-state index in [1.807, 2.05) is 0 Å². The number of hydrogen-bond acceptors (Lipinski definition) is 6. The Hall–Kier alpha value is -3.72. The molecule has 6 rings (SSSR count). The van der Waals surface area contributed by atoms with Crippen molar-refractivity contribution in [3.8, 4) is 0 Å². The number of pyridine rings is 1. The molecule has 1 aromatic heterocycles. The molecule has 1 aliphatic carbocycles. The number of carbonyl (C=O) groups is 3. The third-order valence-electron chi connectivity index (χ3n) is 8.13. The van der Waals surface area contributed by atoms with Crippen LogP contribution in [0.3, 0.4) is 0 Å². The first kappa shape index (κ1) is 33.6. The number of halogens is 5. The van der Waals surface area contributed by atoms with Gasteiger partial charge in [-0.15, -0.1) is 0 Å². The lowest BCUT2D eigenvalue weighted by molar-refractivity contribution is -0.144. The minimum Gasteiger partial charge on any atom is -0.480 e. The molecule has 0 radical (unpaired) electrons. The molecule has 3 aromatic rings. The van der Waals surface area contributed by atoms with Gasteiger partial charge in [0.05, 0.1) is 10.5 Å². The van der Waals surface area contributed by atoms with Gasteiger partial charge in [-0.05, 0) is 73.6 Å². The van der Waals surface area contributed by atoms with Crippen LogP contribution in [0.15, 0.2) is 65.6 Å². The summed E-state index contributed by atoms with van der Waals surface area (Å²) in [5.41, 5.74) is -0.342. The molecule has 3 N–H and O–H groups in total. The Morgan fingerprint density at radius 2 is 1.59 bits per heavy atom. The van der Waals surface area contributed by atoms with Crippen molar-refractivity contribution in [2.75, 3.05) is 5.32 Å². The molecule has 2 aromatic carbocycles. The Labute approximate surface area is 272 Å². The average Bonchev–Trinajstić information content (AvgIpc) is 3.00. The van der Waals surface area contributed by atoms with E-state index >= 15 is 0 Å². The number of nitrogens with zero attached hydrogens (tertiary/aromatic N) is 2. The first-order valence-electron chi connectivity index (χ1n) is 14.1. The molecule has 10 nitrogen and oxygen atoms in total. The van der Waals surface area contributed by atoms with E-state index in [2.05, 4.69) is 15.6 Å². The van der Waals surface area contributed by atoms with Crippen LogP contribution in [0.5, 0.6) is 0 Å². The van der Waals surface area contributed by atoms with Gasteiger partial charge in [0, 0.05) is 23.7 Å². The number of hydrogen-bond donors (Lipinski definition) is 3. The Kier molecular flexibility index (Phi) is 9.64. The van der Waals surface area contributed by atoms with E-state index in [1.165, 1.54) is 42.5 Å². The number of amides is 2. The number of nitrogens with one attached hydrogen (secondary N) is 2. The summed E-state index contributed by atoms with van der Waals surface area (Å²) in [5.74, 6) is -3.31. The van der Waals surface area contributed by atoms with E-state index in [-0.39, 0.29) is 22.3 Å². The lowest BCUT2D eigenvalue weighted by Crippen LogP contribution is -2.64. The van der Waals surface area contributed by atoms with Crippen LogP contribution in [0.1, 0.15) is 47.2 Å². The number of benzene rings is 2. The van der Waals surface area contributed by atoms with Crippen LogP contribution in [0.2, 0.25) is 10.3 Å². The van der Waals surface area contributed by atoms with Gasteiger partial charge in [0.25, 0.3) is 5.91 Å². The molecule has 2 saturated heterocycles. The number of rotatable bonds is 9. The van der Waals surface area contributed by atoms with Crippen LogP contribution in [-0.4, -0.2) is 58.7 Å². The Morgan fingerprint density at radius 3 is 2.17 bits per heavy atom. The minimum absolute atomic E-state index is 0.0302. The van der Waals surface area contributed by atoms with Gasteiger partial charge < -0.3 is 15.7 Å². The van der Waals surface area contributed by atoms with Crippen molar-refractivity contribution in [2.45, 2.75) is 61.3 Å². The predicted molar refractivity (Wildman–Crippen MR) is 162 cm³/mol. The molecule has 1 saturated carbocycles. The highest BCUT2D eigenvalue weighted by Crippen LogP contribution is 2.44. The molecule has 3 heterocycles. The average molecular weight is 700 g/mol. The summed E-state index contributed by atoms with van der Waals surface area (Å²) in [5, 5.41) is 15.1. The van der Waals surface area contributed by atoms with E-state index in [0.29, 0.717) is 43.0 Å². The number of fused-ring (bicyclic) bond motifs is 3. The van der Waals surface area contributed by atoms with Crippen molar-refractivity contribution in [1.29, 1.82) is 0 Å². The van der Waals surface area contributed by atoms with Gasteiger partial charge in [-0.3, -0.25) is 9.59 Å². The summed E-state index contributed by atoms with van der Waals surface area (Å²) in [4.78, 5) is 41.2. The molecular formula is C30H27Cl2F3N4O6S. The van der Waals surface area contributed by atoms with E-state index < -0.39 is 68.5 Å². The summed E-state index contributed by atoms with van der Waals surface area (Å²) in [6.45, 7) is 0. The van der Waals surface area contributed by atoms with Crippen molar-refractivity contribution < 1.29 is 41.1 Å². The molecule has 3 fully saturated rings. The summed E-state index contributed by atoms with van der Waals surface area (Å²) in [6.07, 6.45) is -3.47. The monoisotopic (exact) mass is 698 g/mol. The van der Waals surface area contributed by atoms with Crippen molar-refractivity contribution in [1.82, 2.24) is 14.6 Å². The van der Waals surface area contributed by atoms with Crippen molar-refractivity contribution in [2.24, 2.45) is 5.92 Å². The third-order valence-corrected chi connectivity index (χ3v) is 10.5. The molecule has 0 spiro atoms. The number of aromatic nitrogens is 1. The highest BCUT2D eigenvalue weighted by Gasteiger charge is 2.52. The number of carbonyl (C=O) groups excluding carboxylic acids is 2. The zero-order valence-corrected chi connectivity index (χ0v) is 26.1. The van der Waals surface area contributed by atoms with Crippen molar-refractivity contribution >= 4 is 56.7 Å². The second kappa shape index (κ2) is 13.2. The lowest BCUT2D eigenvalue weighted by atomic mass is 9.76. The second-order valence-electron chi connectivity index (χ2n) is 11.1. The number of carboxylic acids is 1. The van der Waals surface area contributed by atoms with Gasteiger partial charge >= 0.3 is 12.1 Å². The molecule has 46 heavy (non-hydrogen) atoms. The maximum atomic E-state index is 13.8. The van der Waals surface area contributed by atoms with Crippen LogP contribution in [-0.2, 0) is 32.2 Å². The number of piperidine rings is 2. The standard InChI is InChI=1S/C30H27Cl2F3N4O6S/c31-24-14-18(15-25(32)38-24)27(40)36-19-9-5-16(6-10-19)13-22(29(42)43)37-28(41)26-17-7-11-20(12-8-17)39(26)46(44,45)23-4-2-1-3-21(23)30(33,34)35/h1-6,9-10,14-15,17,20,22,26H,7-8,11-13H2,(H,36,40)(H,37,41)(H,42,43)/t17?,20?,22-,26+/m0/s1. The predicted octanol–water partition coefficient (Wildman–Crippen LogP) is 5.40. The second-order valence-corrected chi connectivity index (χ2v) is 13.7. The number of alkyl halides is 3. The van der Waals surface area contributed by atoms with Gasteiger partial charge in [-0.25, -0.2) is 18.2 Å². The van der Waals surface area contributed by atoms with Crippen LogP contribution in [0.25, 0.3) is 0 Å².